The maximum Gasteiger partial charge on any atom is 0.287 e. The predicted octanol–water partition coefficient (Wildman–Crippen LogP) is 0.631. The number of nitrogens with one attached hydrogen (secondary N) is 1. The van der Waals surface area contributed by atoms with E-state index in [1.54, 1.807) is 12.1 Å². The van der Waals surface area contributed by atoms with E-state index < -0.39 is 18.3 Å². The van der Waals surface area contributed by atoms with E-state index in [4.69, 9.17) is 9.15 Å². The van der Waals surface area contributed by atoms with Crippen LogP contribution in [0, 0.1) is 0 Å². The molecule has 1 fully saturated rings. The van der Waals surface area contributed by atoms with Gasteiger partial charge in [0.25, 0.3) is 5.91 Å². The zero-order chi connectivity index (χ0) is 18.5. The summed E-state index contributed by atoms with van der Waals surface area (Å²) < 4.78 is 10.8. The summed E-state index contributed by atoms with van der Waals surface area (Å²) in [5.74, 6) is -0.124. The highest BCUT2D eigenvalue weighted by Crippen LogP contribution is 2.26. The number of aliphatic hydroxyl groups is 2. The number of amides is 1. The second kappa shape index (κ2) is 8.46. The molecule has 3 N–H and O–H groups in total. The number of benzene rings is 1. The molecule has 7 nitrogen and oxygen atoms in total. The Morgan fingerprint density at radius 1 is 1.19 bits per heavy atom. The monoisotopic (exact) mass is 360 g/mol. The third-order valence-electron chi connectivity index (χ3n) is 4.63. The lowest BCUT2D eigenvalue weighted by Crippen LogP contribution is -2.49. The molecule has 4 atom stereocenters. The van der Waals surface area contributed by atoms with Crippen LogP contribution < -0.4 is 5.32 Å². The molecule has 3 rings (SSSR count). The minimum Gasteiger partial charge on any atom is -0.459 e. The SMILES string of the molecule is CN(Cc1ccccc1)[C@@H]1[C@H](O)[C@H](CO)O[C@@H]1CNC(=O)c1ccco1. The van der Waals surface area contributed by atoms with Crippen molar-refractivity contribution < 1.29 is 24.2 Å². The molecule has 0 unspecified atom stereocenters. The molecule has 0 saturated carbocycles. The molecule has 0 radical (unpaired) electrons. The molecular formula is C19H24N2O5. The zero-order valence-corrected chi connectivity index (χ0v) is 14.6. The summed E-state index contributed by atoms with van der Waals surface area (Å²) in [4.78, 5) is 14.1. The summed E-state index contributed by atoms with van der Waals surface area (Å²) in [5, 5.41) is 22.8. The molecule has 7 heteroatoms. The molecule has 0 aliphatic carbocycles. The van der Waals surface area contributed by atoms with Crippen LogP contribution in [0.5, 0.6) is 0 Å². The van der Waals surface area contributed by atoms with Gasteiger partial charge in [0.05, 0.1) is 25.0 Å². The lowest BCUT2D eigenvalue weighted by Gasteiger charge is -2.30. The molecule has 26 heavy (non-hydrogen) atoms. The van der Waals surface area contributed by atoms with Gasteiger partial charge in [-0.2, -0.15) is 0 Å². The van der Waals surface area contributed by atoms with Gasteiger partial charge >= 0.3 is 0 Å². The van der Waals surface area contributed by atoms with Crippen LogP contribution in [0.2, 0.25) is 0 Å². The minimum atomic E-state index is -0.848. The van der Waals surface area contributed by atoms with Crippen LogP contribution in [0.15, 0.2) is 53.1 Å². The van der Waals surface area contributed by atoms with E-state index in [1.165, 1.54) is 6.26 Å². The topological polar surface area (TPSA) is 95.2 Å². The van der Waals surface area contributed by atoms with E-state index in [0.29, 0.717) is 6.54 Å². The van der Waals surface area contributed by atoms with Gasteiger partial charge in [-0.1, -0.05) is 30.3 Å². The lowest BCUT2D eigenvalue weighted by atomic mass is 10.0. The third kappa shape index (κ3) is 4.13. The van der Waals surface area contributed by atoms with Crippen molar-refractivity contribution in [3.8, 4) is 0 Å². The van der Waals surface area contributed by atoms with Crippen LogP contribution in [-0.4, -0.2) is 65.6 Å². The summed E-state index contributed by atoms with van der Waals surface area (Å²) in [6.07, 6.45) is -0.541. The molecule has 1 saturated heterocycles. The standard InChI is InChI=1S/C19H24N2O5/c1-21(11-13-6-3-2-4-7-13)17-15(26-16(12-22)18(17)23)10-20-19(24)14-8-5-9-25-14/h2-9,15-18,22-23H,10-12H2,1H3,(H,20,24)/t15-,16+,17+,18-/m1/s1. The summed E-state index contributed by atoms with van der Waals surface area (Å²) in [7, 11) is 1.89. The van der Waals surface area contributed by atoms with E-state index in [2.05, 4.69) is 5.32 Å². The highest BCUT2D eigenvalue weighted by molar-refractivity contribution is 5.91. The Hall–Kier alpha value is -2.19. The van der Waals surface area contributed by atoms with Crippen LogP contribution in [0.1, 0.15) is 16.1 Å². The highest BCUT2D eigenvalue weighted by atomic mass is 16.5. The first kappa shape index (κ1) is 18.6. The normalized spacial score (nSPS) is 25.5. The van der Waals surface area contributed by atoms with E-state index in [0.717, 1.165) is 5.56 Å². The molecule has 1 aliphatic heterocycles. The Kier molecular flexibility index (Phi) is 6.05. The number of hydrogen-bond donors (Lipinski definition) is 3. The summed E-state index contributed by atoms with van der Waals surface area (Å²) in [5.41, 5.74) is 1.10. The molecule has 1 aromatic carbocycles. The van der Waals surface area contributed by atoms with Gasteiger partial charge < -0.3 is 24.7 Å². The number of carbonyl (C=O) groups excluding carboxylic acids is 1. The first-order valence-corrected chi connectivity index (χ1v) is 8.60. The van der Waals surface area contributed by atoms with Crippen molar-refractivity contribution >= 4 is 5.91 Å². The fraction of sp³-hybridized carbons (Fsp3) is 0.421. The fourth-order valence-electron chi connectivity index (χ4n) is 3.35. The number of aliphatic hydroxyl groups excluding tert-OH is 2. The van der Waals surface area contributed by atoms with E-state index >= 15 is 0 Å². The maximum absolute atomic E-state index is 12.1. The van der Waals surface area contributed by atoms with Gasteiger partial charge in [0.1, 0.15) is 12.2 Å². The number of ether oxygens (including phenoxy) is 1. The second-order valence-corrected chi connectivity index (χ2v) is 6.46. The average molecular weight is 360 g/mol. The first-order chi connectivity index (χ1) is 12.6. The number of likely N-dealkylation sites (N-methyl/N-ethyl adjacent to an activating group) is 1. The quantitative estimate of drug-likeness (QED) is 0.670. The molecule has 1 amide bonds. The number of furan rings is 1. The third-order valence-corrected chi connectivity index (χ3v) is 4.63. The summed E-state index contributed by atoms with van der Waals surface area (Å²) >= 11 is 0. The van der Waals surface area contributed by atoms with Crippen LogP contribution in [0.4, 0.5) is 0 Å². The number of nitrogens with zero attached hydrogens (tertiary/aromatic N) is 1. The smallest absolute Gasteiger partial charge is 0.287 e. The van der Waals surface area contributed by atoms with E-state index in [1.807, 2.05) is 42.3 Å². The Morgan fingerprint density at radius 3 is 2.62 bits per heavy atom. The van der Waals surface area contributed by atoms with Crippen molar-refractivity contribution in [2.24, 2.45) is 0 Å². The molecule has 140 valence electrons. The van der Waals surface area contributed by atoms with Crippen molar-refractivity contribution in [1.82, 2.24) is 10.2 Å². The number of rotatable bonds is 7. The maximum atomic E-state index is 12.1. The summed E-state index contributed by atoms with van der Waals surface area (Å²) in [6, 6.07) is 12.8. The van der Waals surface area contributed by atoms with Crippen molar-refractivity contribution in [3.63, 3.8) is 0 Å². The van der Waals surface area contributed by atoms with Crippen LogP contribution in [-0.2, 0) is 11.3 Å². The molecule has 2 heterocycles. The van der Waals surface area contributed by atoms with Gasteiger partial charge in [-0.05, 0) is 24.7 Å². The van der Waals surface area contributed by atoms with Crippen molar-refractivity contribution in [3.05, 3.63) is 60.1 Å². The largest absolute Gasteiger partial charge is 0.459 e. The Labute approximate surface area is 152 Å². The van der Waals surface area contributed by atoms with Gasteiger partial charge in [0.2, 0.25) is 0 Å². The lowest BCUT2D eigenvalue weighted by molar-refractivity contribution is -0.0209. The van der Waals surface area contributed by atoms with Gasteiger partial charge in [-0.25, -0.2) is 0 Å². The summed E-state index contributed by atoms with van der Waals surface area (Å²) in [6.45, 7) is 0.545. The Bertz CT molecular complexity index is 691. The van der Waals surface area contributed by atoms with Crippen LogP contribution >= 0.6 is 0 Å². The Morgan fingerprint density at radius 2 is 1.96 bits per heavy atom. The molecule has 0 spiro atoms. The second-order valence-electron chi connectivity index (χ2n) is 6.46. The van der Waals surface area contributed by atoms with Crippen molar-refractivity contribution in [2.45, 2.75) is 30.9 Å². The van der Waals surface area contributed by atoms with Gasteiger partial charge in [-0.3, -0.25) is 9.69 Å². The van der Waals surface area contributed by atoms with E-state index in [-0.39, 0.29) is 30.9 Å². The van der Waals surface area contributed by atoms with Crippen LogP contribution in [0.3, 0.4) is 0 Å². The molecule has 0 bridgehead atoms. The zero-order valence-electron chi connectivity index (χ0n) is 14.6. The molecular weight excluding hydrogens is 336 g/mol. The number of carbonyl (C=O) groups is 1. The van der Waals surface area contributed by atoms with Gasteiger partial charge in [0.15, 0.2) is 5.76 Å². The average Bonchev–Trinajstić information content (AvgIpc) is 3.28. The van der Waals surface area contributed by atoms with Crippen LogP contribution in [0.25, 0.3) is 0 Å². The molecule has 2 aromatic rings. The fourth-order valence-corrected chi connectivity index (χ4v) is 3.35. The van der Waals surface area contributed by atoms with E-state index in [9.17, 15) is 15.0 Å². The molecule has 1 aliphatic rings. The Balaban J connectivity index is 1.66. The predicted molar refractivity (Wildman–Crippen MR) is 94.5 cm³/mol. The minimum absolute atomic E-state index is 0.205. The van der Waals surface area contributed by atoms with Crippen molar-refractivity contribution in [2.75, 3.05) is 20.2 Å². The molecule has 1 aromatic heterocycles. The van der Waals surface area contributed by atoms with Crippen molar-refractivity contribution in [1.29, 1.82) is 0 Å². The first-order valence-electron chi connectivity index (χ1n) is 8.60. The van der Waals surface area contributed by atoms with Gasteiger partial charge in [0, 0.05) is 13.1 Å². The highest BCUT2D eigenvalue weighted by Gasteiger charge is 2.45. The van der Waals surface area contributed by atoms with Gasteiger partial charge in [-0.15, -0.1) is 0 Å². The number of hydrogen-bond acceptors (Lipinski definition) is 6.